The Morgan fingerprint density at radius 1 is 1.15 bits per heavy atom. The monoisotopic (exact) mass is 364 g/mol. The normalized spacial score (nSPS) is 25.6. The maximum Gasteiger partial charge on any atom is 0.246 e. The molecule has 1 saturated heterocycles. The van der Waals surface area contributed by atoms with Crippen LogP contribution in [0.15, 0.2) is 35.3 Å². The van der Waals surface area contributed by atoms with Gasteiger partial charge in [0.1, 0.15) is 0 Å². The van der Waals surface area contributed by atoms with Crippen molar-refractivity contribution in [1.29, 1.82) is 5.26 Å². The molecular weight excluding hydrogens is 336 g/mol. The third-order valence-electron chi connectivity index (χ3n) is 6.49. The van der Waals surface area contributed by atoms with Crippen LogP contribution in [0.25, 0.3) is 0 Å². The Morgan fingerprint density at radius 3 is 2.52 bits per heavy atom. The molecule has 5 nitrogen and oxygen atoms in total. The van der Waals surface area contributed by atoms with E-state index in [0.29, 0.717) is 11.9 Å². The number of nitrogens with zero attached hydrogens (tertiary/aromatic N) is 3. The number of carbonyl (C=O) groups excluding carboxylic acids is 1. The highest BCUT2D eigenvalue weighted by molar-refractivity contribution is 6.02. The number of hydrogen-bond donors (Lipinski definition) is 1. The van der Waals surface area contributed by atoms with Gasteiger partial charge in [-0.3, -0.25) is 10.1 Å². The van der Waals surface area contributed by atoms with Crippen molar-refractivity contribution in [3.8, 4) is 6.07 Å². The lowest BCUT2D eigenvalue weighted by molar-refractivity contribution is -0.125. The largest absolute Gasteiger partial charge is 0.343 e. The maximum atomic E-state index is 12.6. The zero-order chi connectivity index (χ0) is 18.7. The summed E-state index contributed by atoms with van der Waals surface area (Å²) < 4.78 is 0. The first-order valence-electron chi connectivity index (χ1n) is 10.3. The molecular formula is C22H28N4O. The van der Waals surface area contributed by atoms with Gasteiger partial charge in [0.25, 0.3) is 0 Å². The van der Waals surface area contributed by atoms with Crippen molar-refractivity contribution < 1.29 is 4.79 Å². The van der Waals surface area contributed by atoms with Gasteiger partial charge in [-0.15, -0.1) is 0 Å². The van der Waals surface area contributed by atoms with Crippen molar-refractivity contribution in [2.45, 2.75) is 56.9 Å². The van der Waals surface area contributed by atoms with Gasteiger partial charge >= 0.3 is 0 Å². The lowest BCUT2D eigenvalue weighted by Gasteiger charge is -2.43. The molecule has 3 aliphatic rings. The lowest BCUT2D eigenvalue weighted by Crippen LogP contribution is -2.58. The number of aliphatic imine (C=N–C) groups is 1. The highest BCUT2D eigenvalue weighted by atomic mass is 16.2. The minimum absolute atomic E-state index is 0.157. The van der Waals surface area contributed by atoms with Crippen molar-refractivity contribution in [2.75, 3.05) is 13.1 Å². The van der Waals surface area contributed by atoms with E-state index in [0.717, 1.165) is 58.0 Å². The molecule has 4 rings (SSSR count). The van der Waals surface area contributed by atoms with Gasteiger partial charge in [-0.25, -0.2) is 4.99 Å². The SMILES string of the molecule is N#CC1C(=O)NC(N2CCC(Cc3ccccc3)CC2)=NC12CCCCC2. The van der Waals surface area contributed by atoms with Crippen LogP contribution in [0, 0.1) is 23.2 Å². The quantitative estimate of drug-likeness (QED) is 0.876. The summed E-state index contributed by atoms with van der Waals surface area (Å²) in [6, 6.07) is 12.9. The van der Waals surface area contributed by atoms with Crippen LogP contribution < -0.4 is 5.32 Å². The van der Waals surface area contributed by atoms with E-state index < -0.39 is 11.5 Å². The molecule has 1 N–H and O–H groups in total. The van der Waals surface area contributed by atoms with Crippen LogP contribution in [-0.4, -0.2) is 35.4 Å². The van der Waals surface area contributed by atoms with Gasteiger partial charge in [-0.05, 0) is 43.6 Å². The number of guanidine groups is 1. The molecule has 2 heterocycles. The lowest BCUT2D eigenvalue weighted by atomic mass is 9.72. The minimum atomic E-state index is -0.642. The van der Waals surface area contributed by atoms with Crippen LogP contribution in [0.5, 0.6) is 0 Å². The molecule has 0 radical (unpaired) electrons. The predicted molar refractivity (Wildman–Crippen MR) is 105 cm³/mol. The number of likely N-dealkylation sites (tertiary alicyclic amines) is 1. The van der Waals surface area contributed by atoms with Crippen LogP contribution >= 0.6 is 0 Å². The molecule has 1 amide bonds. The van der Waals surface area contributed by atoms with E-state index in [1.807, 2.05) is 0 Å². The first-order chi connectivity index (χ1) is 13.2. The summed E-state index contributed by atoms with van der Waals surface area (Å²) in [5.41, 5.74) is 0.906. The molecule has 142 valence electrons. The summed E-state index contributed by atoms with van der Waals surface area (Å²) in [6.45, 7) is 1.84. The molecule has 0 bridgehead atoms. The minimum Gasteiger partial charge on any atom is -0.343 e. The Bertz CT molecular complexity index is 737. The third kappa shape index (κ3) is 3.71. The first kappa shape index (κ1) is 18.0. The van der Waals surface area contributed by atoms with Crippen molar-refractivity contribution in [3.05, 3.63) is 35.9 Å². The standard InChI is InChI=1S/C22H28N4O/c23-16-19-20(27)24-21(25-22(19)11-5-2-6-12-22)26-13-9-18(10-14-26)15-17-7-3-1-4-8-17/h1,3-4,7-8,18-19H,2,5-6,9-15H2,(H,24,25,27). The van der Waals surface area contributed by atoms with Gasteiger partial charge in [0, 0.05) is 13.1 Å². The number of nitriles is 1. The fourth-order valence-corrected chi connectivity index (χ4v) is 4.92. The molecule has 1 atom stereocenters. The van der Waals surface area contributed by atoms with Crippen LogP contribution in [0.4, 0.5) is 0 Å². The fraction of sp³-hybridized carbons (Fsp3) is 0.591. The first-order valence-corrected chi connectivity index (χ1v) is 10.3. The molecule has 1 aromatic carbocycles. The zero-order valence-corrected chi connectivity index (χ0v) is 15.9. The summed E-state index contributed by atoms with van der Waals surface area (Å²) in [5, 5.41) is 12.5. The Labute approximate surface area is 161 Å². The molecule has 1 unspecified atom stereocenters. The number of nitrogens with one attached hydrogen (secondary N) is 1. The molecule has 27 heavy (non-hydrogen) atoms. The zero-order valence-electron chi connectivity index (χ0n) is 15.9. The van der Waals surface area contributed by atoms with Gasteiger partial charge < -0.3 is 4.90 Å². The third-order valence-corrected chi connectivity index (χ3v) is 6.49. The molecule has 1 aliphatic carbocycles. The van der Waals surface area contributed by atoms with Crippen LogP contribution in [-0.2, 0) is 11.2 Å². The van der Waals surface area contributed by atoms with Gasteiger partial charge in [-0.2, -0.15) is 5.26 Å². The molecule has 2 aliphatic heterocycles. The smallest absolute Gasteiger partial charge is 0.246 e. The van der Waals surface area contributed by atoms with E-state index >= 15 is 0 Å². The summed E-state index contributed by atoms with van der Waals surface area (Å²) in [5.74, 6) is 0.596. The number of benzene rings is 1. The van der Waals surface area contributed by atoms with Crippen molar-refractivity contribution in [3.63, 3.8) is 0 Å². The predicted octanol–water partition coefficient (Wildman–Crippen LogP) is 3.27. The van der Waals surface area contributed by atoms with Gasteiger partial charge in [0.2, 0.25) is 11.9 Å². The molecule has 5 heteroatoms. The van der Waals surface area contributed by atoms with E-state index in [4.69, 9.17) is 4.99 Å². The van der Waals surface area contributed by atoms with Gasteiger partial charge in [0.05, 0.1) is 11.6 Å². The number of hydrogen-bond acceptors (Lipinski definition) is 4. The average Bonchev–Trinajstić information content (AvgIpc) is 2.70. The van der Waals surface area contributed by atoms with E-state index in [9.17, 15) is 10.1 Å². The molecule has 2 fully saturated rings. The summed E-state index contributed by atoms with van der Waals surface area (Å²) in [4.78, 5) is 19.8. The number of amides is 1. The Kier molecular flexibility index (Phi) is 5.15. The van der Waals surface area contributed by atoms with Crippen molar-refractivity contribution in [2.24, 2.45) is 16.8 Å². The van der Waals surface area contributed by atoms with E-state index in [1.54, 1.807) is 0 Å². The van der Waals surface area contributed by atoms with E-state index in [2.05, 4.69) is 46.6 Å². The topological polar surface area (TPSA) is 68.5 Å². The second-order valence-corrected chi connectivity index (χ2v) is 8.27. The van der Waals surface area contributed by atoms with Crippen LogP contribution in [0.2, 0.25) is 0 Å². The summed E-state index contributed by atoms with van der Waals surface area (Å²) >= 11 is 0. The maximum absolute atomic E-state index is 12.6. The summed E-state index contributed by atoms with van der Waals surface area (Å²) in [6.07, 6.45) is 8.34. The Morgan fingerprint density at radius 2 is 1.85 bits per heavy atom. The van der Waals surface area contributed by atoms with Crippen LogP contribution in [0.3, 0.4) is 0 Å². The molecule has 1 aromatic rings. The molecule has 1 spiro atoms. The average molecular weight is 364 g/mol. The Hall–Kier alpha value is -2.35. The number of rotatable bonds is 2. The van der Waals surface area contributed by atoms with Crippen molar-refractivity contribution >= 4 is 11.9 Å². The van der Waals surface area contributed by atoms with Gasteiger partial charge in [-0.1, -0.05) is 49.6 Å². The number of carbonyl (C=O) groups is 1. The summed E-state index contributed by atoms with van der Waals surface area (Å²) in [7, 11) is 0. The second kappa shape index (κ2) is 7.72. The molecule has 1 saturated carbocycles. The van der Waals surface area contributed by atoms with Crippen LogP contribution in [0.1, 0.15) is 50.5 Å². The fourth-order valence-electron chi connectivity index (χ4n) is 4.92. The highest BCUT2D eigenvalue weighted by Crippen LogP contribution is 2.40. The van der Waals surface area contributed by atoms with Crippen molar-refractivity contribution in [1.82, 2.24) is 10.2 Å². The highest BCUT2D eigenvalue weighted by Gasteiger charge is 2.48. The second-order valence-electron chi connectivity index (χ2n) is 8.27. The van der Waals surface area contributed by atoms with Gasteiger partial charge in [0.15, 0.2) is 5.92 Å². The Balaban J connectivity index is 1.44. The van der Waals surface area contributed by atoms with E-state index in [1.165, 1.54) is 12.0 Å². The number of piperidine rings is 1. The van der Waals surface area contributed by atoms with E-state index in [-0.39, 0.29) is 5.91 Å². The molecule has 0 aromatic heterocycles.